The highest BCUT2D eigenvalue weighted by atomic mass is 19.1. The van der Waals surface area contributed by atoms with Gasteiger partial charge in [0.25, 0.3) is 0 Å². The fourth-order valence-corrected chi connectivity index (χ4v) is 1.83. The number of nitrogens with one attached hydrogen (secondary N) is 1. The molecule has 2 rings (SSSR count). The molecule has 0 unspecified atom stereocenters. The molecular formula is C13H17FN2O. The van der Waals surface area contributed by atoms with E-state index in [1.807, 2.05) is 7.05 Å². The van der Waals surface area contributed by atoms with E-state index in [4.69, 9.17) is 0 Å². The SMILES string of the molecule is CN(CCc1ccc(F)cc1)C(=O)C1CNC1. The van der Waals surface area contributed by atoms with Crippen LogP contribution in [0.15, 0.2) is 24.3 Å². The van der Waals surface area contributed by atoms with E-state index in [0.717, 1.165) is 25.1 Å². The van der Waals surface area contributed by atoms with Gasteiger partial charge in [0.2, 0.25) is 5.91 Å². The molecule has 0 atom stereocenters. The fraction of sp³-hybridized carbons (Fsp3) is 0.462. The molecule has 1 aliphatic heterocycles. The third-order valence-electron chi connectivity index (χ3n) is 3.16. The highest BCUT2D eigenvalue weighted by Gasteiger charge is 2.27. The molecule has 1 aromatic rings. The van der Waals surface area contributed by atoms with E-state index in [9.17, 15) is 9.18 Å². The predicted octanol–water partition coefficient (Wildman–Crippen LogP) is 1.05. The number of nitrogens with zero attached hydrogens (tertiary/aromatic N) is 1. The number of hydrogen-bond donors (Lipinski definition) is 1. The van der Waals surface area contributed by atoms with E-state index in [1.165, 1.54) is 12.1 Å². The van der Waals surface area contributed by atoms with Crippen LogP contribution in [0.5, 0.6) is 0 Å². The summed E-state index contributed by atoms with van der Waals surface area (Å²) >= 11 is 0. The first-order chi connectivity index (χ1) is 8.16. The minimum Gasteiger partial charge on any atom is -0.345 e. The van der Waals surface area contributed by atoms with E-state index in [1.54, 1.807) is 17.0 Å². The highest BCUT2D eigenvalue weighted by Crippen LogP contribution is 2.09. The molecule has 1 saturated heterocycles. The van der Waals surface area contributed by atoms with Crippen LogP contribution < -0.4 is 5.32 Å². The Balaban J connectivity index is 1.80. The van der Waals surface area contributed by atoms with Crippen molar-refractivity contribution in [3.8, 4) is 0 Å². The first-order valence-electron chi connectivity index (χ1n) is 5.87. The minimum absolute atomic E-state index is 0.146. The van der Waals surface area contributed by atoms with Crippen molar-refractivity contribution in [3.63, 3.8) is 0 Å². The van der Waals surface area contributed by atoms with Crippen LogP contribution in [0.4, 0.5) is 4.39 Å². The molecule has 0 bridgehead atoms. The topological polar surface area (TPSA) is 32.3 Å². The smallest absolute Gasteiger partial charge is 0.228 e. The molecule has 3 nitrogen and oxygen atoms in total. The van der Waals surface area contributed by atoms with Gasteiger partial charge >= 0.3 is 0 Å². The summed E-state index contributed by atoms with van der Waals surface area (Å²) in [7, 11) is 1.82. The van der Waals surface area contributed by atoms with E-state index < -0.39 is 0 Å². The Morgan fingerprint density at radius 2 is 2.06 bits per heavy atom. The average molecular weight is 236 g/mol. The Kier molecular flexibility index (Phi) is 3.74. The van der Waals surface area contributed by atoms with Crippen LogP contribution in [0.25, 0.3) is 0 Å². The van der Waals surface area contributed by atoms with Gasteiger partial charge in [0.1, 0.15) is 5.82 Å². The van der Waals surface area contributed by atoms with Crippen LogP contribution in [-0.2, 0) is 11.2 Å². The molecule has 1 aliphatic rings. The lowest BCUT2D eigenvalue weighted by Gasteiger charge is -2.30. The second kappa shape index (κ2) is 5.27. The van der Waals surface area contributed by atoms with E-state index >= 15 is 0 Å². The van der Waals surface area contributed by atoms with Gasteiger partial charge in [-0.05, 0) is 24.1 Å². The normalized spacial score (nSPS) is 15.4. The number of likely N-dealkylation sites (N-methyl/N-ethyl adjacent to an activating group) is 1. The van der Waals surface area contributed by atoms with Gasteiger partial charge in [-0.2, -0.15) is 0 Å². The number of carbonyl (C=O) groups excluding carboxylic acids is 1. The summed E-state index contributed by atoms with van der Waals surface area (Å²) in [6.45, 7) is 2.26. The van der Waals surface area contributed by atoms with Gasteiger partial charge in [-0.15, -0.1) is 0 Å². The molecule has 4 heteroatoms. The third kappa shape index (κ3) is 3.03. The van der Waals surface area contributed by atoms with E-state index in [-0.39, 0.29) is 17.6 Å². The van der Waals surface area contributed by atoms with Gasteiger partial charge in [-0.3, -0.25) is 4.79 Å². The van der Waals surface area contributed by atoms with Crippen LogP contribution in [-0.4, -0.2) is 37.5 Å². The Morgan fingerprint density at radius 1 is 1.41 bits per heavy atom. The fourth-order valence-electron chi connectivity index (χ4n) is 1.83. The van der Waals surface area contributed by atoms with Gasteiger partial charge in [-0.25, -0.2) is 4.39 Å². The number of carbonyl (C=O) groups is 1. The number of rotatable bonds is 4. The Morgan fingerprint density at radius 3 is 2.59 bits per heavy atom. The molecular weight excluding hydrogens is 219 g/mol. The summed E-state index contributed by atoms with van der Waals surface area (Å²) in [5.74, 6) is 0.123. The summed E-state index contributed by atoms with van der Waals surface area (Å²) in [5.41, 5.74) is 1.05. The number of amides is 1. The Bertz CT molecular complexity index is 387. The van der Waals surface area contributed by atoms with Gasteiger partial charge in [0, 0.05) is 26.7 Å². The zero-order valence-corrected chi connectivity index (χ0v) is 9.95. The van der Waals surface area contributed by atoms with Crippen molar-refractivity contribution in [2.45, 2.75) is 6.42 Å². The van der Waals surface area contributed by atoms with Crippen molar-refractivity contribution in [3.05, 3.63) is 35.6 Å². The van der Waals surface area contributed by atoms with Crippen LogP contribution >= 0.6 is 0 Å². The van der Waals surface area contributed by atoms with Crippen molar-refractivity contribution >= 4 is 5.91 Å². The van der Waals surface area contributed by atoms with Crippen molar-refractivity contribution < 1.29 is 9.18 Å². The maximum Gasteiger partial charge on any atom is 0.228 e. The summed E-state index contributed by atoms with van der Waals surface area (Å²) in [6.07, 6.45) is 0.767. The van der Waals surface area contributed by atoms with Crippen molar-refractivity contribution in [2.75, 3.05) is 26.7 Å². The minimum atomic E-state index is -0.223. The molecule has 17 heavy (non-hydrogen) atoms. The lowest BCUT2D eigenvalue weighted by atomic mass is 10.0. The highest BCUT2D eigenvalue weighted by molar-refractivity contribution is 5.79. The first kappa shape index (κ1) is 12.0. The molecule has 0 radical (unpaired) electrons. The quantitative estimate of drug-likeness (QED) is 0.847. The van der Waals surface area contributed by atoms with Crippen molar-refractivity contribution in [1.29, 1.82) is 0 Å². The molecule has 0 aliphatic carbocycles. The summed E-state index contributed by atoms with van der Waals surface area (Å²) in [5, 5.41) is 3.09. The molecule has 1 heterocycles. The predicted molar refractivity (Wildman–Crippen MR) is 64.1 cm³/mol. The molecule has 0 spiro atoms. The second-order valence-electron chi connectivity index (χ2n) is 4.49. The molecule has 0 saturated carbocycles. The maximum absolute atomic E-state index is 12.7. The zero-order chi connectivity index (χ0) is 12.3. The number of benzene rings is 1. The average Bonchev–Trinajstić information content (AvgIpc) is 2.25. The standard InChI is InChI=1S/C13H17FN2O/c1-16(13(17)11-8-15-9-11)7-6-10-2-4-12(14)5-3-10/h2-5,11,15H,6-9H2,1H3. The first-order valence-corrected chi connectivity index (χ1v) is 5.87. The molecule has 92 valence electrons. The molecule has 0 aromatic heterocycles. The number of hydrogen-bond acceptors (Lipinski definition) is 2. The second-order valence-corrected chi connectivity index (χ2v) is 4.49. The molecule has 1 amide bonds. The molecule has 1 fully saturated rings. The van der Waals surface area contributed by atoms with Crippen LogP contribution in [0.1, 0.15) is 5.56 Å². The van der Waals surface area contributed by atoms with E-state index in [2.05, 4.69) is 5.32 Å². The largest absolute Gasteiger partial charge is 0.345 e. The summed E-state index contributed by atoms with van der Waals surface area (Å²) in [4.78, 5) is 13.6. The van der Waals surface area contributed by atoms with Crippen LogP contribution in [0, 0.1) is 11.7 Å². The monoisotopic (exact) mass is 236 g/mol. The third-order valence-corrected chi connectivity index (χ3v) is 3.16. The van der Waals surface area contributed by atoms with Gasteiger partial charge < -0.3 is 10.2 Å². The van der Waals surface area contributed by atoms with Crippen LogP contribution in [0.2, 0.25) is 0 Å². The lowest BCUT2D eigenvalue weighted by Crippen LogP contribution is -2.51. The van der Waals surface area contributed by atoms with E-state index in [0.29, 0.717) is 6.54 Å². The van der Waals surface area contributed by atoms with Gasteiger partial charge in [-0.1, -0.05) is 12.1 Å². The molecule has 1 aromatic carbocycles. The molecule has 1 N–H and O–H groups in total. The van der Waals surface area contributed by atoms with Crippen molar-refractivity contribution in [1.82, 2.24) is 10.2 Å². The zero-order valence-electron chi connectivity index (χ0n) is 9.95. The van der Waals surface area contributed by atoms with Crippen LogP contribution in [0.3, 0.4) is 0 Å². The maximum atomic E-state index is 12.7. The van der Waals surface area contributed by atoms with Crippen molar-refractivity contribution in [2.24, 2.45) is 5.92 Å². The Hall–Kier alpha value is -1.42. The Labute approximate surface area is 101 Å². The lowest BCUT2D eigenvalue weighted by molar-refractivity contribution is -0.135. The van der Waals surface area contributed by atoms with Gasteiger partial charge in [0.05, 0.1) is 5.92 Å². The summed E-state index contributed by atoms with van der Waals surface area (Å²) < 4.78 is 12.7. The number of halogens is 1. The summed E-state index contributed by atoms with van der Waals surface area (Å²) in [6, 6.07) is 6.43. The van der Waals surface area contributed by atoms with Gasteiger partial charge in [0.15, 0.2) is 0 Å².